The van der Waals surface area contributed by atoms with Crippen LogP contribution in [0.5, 0.6) is 0 Å². The lowest BCUT2D eigenvalue weighted by Gasteiger charge is -2.06. The van der Waals surface area contributed by atoms with Crippen molar-refractivity contribution >= 4 is 34.9 Å². The highest BCUT2D eigenvalue weighted by Gasteiger charge is 2.11. The Morgan fingerprint density at radius 3 is 2.66 bits per heavy atom. The molecule has 0 atom stereocenters. The average Bonchev–Trinajstić information content (AvgIpc) is 3.20. The van der Waals surface area contributed by atoms with Gasteiger partial charge in [0.15, 0.2) is 11.5 Å². The zero-order valence-electron chi connectivity index (χ0n) is 17.5. The molecule has 0 radical (unpaired) electrons. The van der Waals surface area contributed by atoms with E-state index in [1.165, 1.54) is 11.8 Å². The Labute approximate surface area is 189 Å². The van der Waals surface area contributed by atoms with Crippen LogP contribution in [-0.4, -0.2) is 43.9 Å². The maximum Gasteiger partial charge on any atom is 0.251 e. The Hall–Kier alpha value is -3.72. The van der Waals surface area contributed by atoms with Gasteiger partial charge in [-0.05, 0) is 48.9 Å². The predicted octanol–water partition coefficient (Wildman–Crippen LogP) is 3.14. The van der Waals surface area contributed by atoms with Crippen molar-refractivity contribution in [2.75, 3.05) is 17.6 Å². The largest absolute Gasteiger partial charge is 0.352 e. The molecule has 4 rings (SSSR count). The molecule has 0 bridgehead atoms. The zero-order chi connectivity index (χ0) is 22.3. The van der Waals surface area contributed by atoms with Gasteiger partial charge in [-0.3, -0.25) is 9.59 Å². The van der Waals surface area contributed by atoms with Crippen LogP contribution in [-0.2, 0) is 11.2 Å². The first kappa shape index (κ1) is 21.5. The highest BCUT2D eigenvalue weighted by atomic mass is 32.2. The summed E-state index contributed by atoms with van der Waals surface area (Å²) in [6.45, 7) is 2.39. The second-order valence-corrected chi connectivity index (χ2v) is 8.13. The number of nitrogens with one attached hydrogen (secondary N) is 2. The highest BCUT2D eigenvalue weighted by Crippen LogP contribution is 2.17. The monoisotopic (exact) mass is 446 g/mol. The third-order valence-electron chi connectivity index (χ3n) is 4.63. The molecule has 0 saturated heterocycles. The lowest BCUT2D eigenvalue weighted by atomic mass is 10.2. The predicted molar refractivity (Wildman–Crippen MR) is 124 cm³/mol. The van der Waals surface area contributed by atoms with E-state index in [2.05, 4.69) is 25.9 Å². The fourth-order valence-electron chi connectivity index (χ4n) is 3.09. The molecule has 2 aromatic heterocycles. The zero-order valence-corrected chi connectivity index (χ0v) is 18.3. The number of hydrogen-bond donors (Lipinski definition) is 2. The molecule has 0 aliphatic carbocycles. The van der Waals surface area contributed by atoms with Gasteiger partial charge in [-0.1, -0.05) is 42.1 Å². The first-order chi connectivity index (χ1) is 15.6. The summed E-state index contributed by atoms with van der Waals surface area (Å²) in [5.74, 6) is 0.634. The van der Waals surface area contributed by atoms with E-state index in [0.29, 0.717) is 35.0 Å². The Balaban J connectivity index is 1.34. The first-order valence-electron chi connectivity index (χ1n) is 10.1. The molecule has 9 heteroatoms. The Morgan fingerprint density at radius 1 is 1.00 bits per heavy atom. The summed E-state index contributed by atoms with van der Waals surface area (Å²) in [4.78, 5) is 24.4. The molecule has 2 N–H and O–H groups in total. The first-order valence-corrected chi connectivity index (χ1v) is 11.1. The number of amides is 2. The van der Waals surface area contributed by atoms with Gasteiger partial charge in [0.25, 0.3) is 5.91 Å². The van der Waals surface area contributed by atoms with E-state index in [1.54, 1.807) is 16.6 Å². The molecule has 32 heavy (non-hydrogen) atoms. The number of aryl methyl sites for hydroxylation is 1. The van der Waals surface area contributed by atoms with E-state index >= 15 is 0 Å². The maximum absolute atomic E-state index is 12.3. The number of hydrogen-bond acceptors (Lipinski definition) is 6. The van der Waals surface area contributed by atoms with E-state index < -0.39 is 0 Å². The van der Waals surface area contributed by atoms with Crippen LogP contribution < -0.4 is 10.6 Å². The van der Waals surface area contributed by atoms with Crippen molar-refractivity contribution in [1.82, 2.24) is 25.1 Å². The normalized spacial score (nSPS) is 10.8. The average molecular weight is 447 g/mol. The van der Waals surface area contributed by atoms with Crippen LogP contribution >= 0.6 is 11.8 Å². The third-order valence-corrected chi connectivity index (χ3v) is 5.55. The molecule has 0 aliphatic rings. The molecule has 0 fully saturated rings. The standard InChI is InChI=1S/C23H22N6O2S/c1-16-6-5-9-18(14-16)25-21(30)15-32-22-11-10-19-26-27-20(29(19)28-22)12-13-24-23(31)17-7-3-2-4-8-17/h2-11,14H,12-13,15H2,1H3,(H,24,31)(H,25,30). The van der Waals surface area contributed by atoms with E-state index in [1.807, 2.05) is 61.5 Å². The summed E-state index contributed by atoms with van der Waals surface area (Å²) in [6.07, 6.45) is 0.481. The van der Waals surface area contributed by atoms with Crippen LogP contribution in [0.2, 0.25) is 0 Å². The molecule has 4 aromatic rings. The number of rotatable bonds is 8. The van der Waals surface area contributed by atoms with Gasteiger partial charge in [0.05, 0.1) is 5.75 Å². The van der Waals surface area contributed by atoms with E-state index in [-0.39, 0.29) is 17.6 Å². The van der Waals surface area contributed by atoms with Crippen LogP contribution in [0.25, 0.3) is 5.65 Å². The SMILES string of the molecule is Cc1cccc(NC(=O)CSc2ccc3nnc(CCNC(=O)c4ccccc4)n3n2)c1. The van der Waals surface area contributed by atoms with Crippen LogP contribution in [0.15, 0.2) is 71.8 Å². The van der Waals surface area contributed by atoms with E-state index in [0.717, 1.165) is 11.3 Å². The van der Waals surface area contributed by atoms with Crippen molar-refractivity contribution in [1.29, 1.82) is 0 Å². The fraction of sp³-hybridized carbons (Fsp3) is 0.174. The number of carbonyl (C=O) groups is 2. The quantitative estimate of drug-likeness (QED) is 0.403. The molecule has 2 amide bonds. The number of benzene rings is 2. The molecule has 8 nitrogen and oxygen atoms in total. The van der Waals surface area contributed by atoms with Gasteiger partial charge < -0.3 is 10.6 Å². The van der Waals surface area contributed by atoms with E-state index in [4.69, 9.17) is 0 Å². The van der Waals surface area contributed by atoms with Gasteiger partial charge in [-0.15, -0.1) is 10.2 Å². The molecule has 162 valence electrons. The molecule has 0 unspecified atom stereocenters. The molecule has 0 aliphatic heterocycles. The number of anilines is 1. The van der Waals surface area contributed by atoms with Crippen molar-refractivity contribution < 1.29 is 9.59 Å². The van der Waals surface area contributed by atoms with Crippen LogP contribution in [0.3, 0.4) is 0 Å². The second-order valence-electron chi connectivity index (χ2n) is 7.14. The Bertz CT molecular complexity index is 1240. The summed E-state index contributed by atoms with van der Waals surface area (Å²) in [6, 6.07) is 20.3. The maximum atomic E-state index is 12.3. The van der Waals surface area contributed by atoms with Gasteiger partial charge in [-0.25, -0.2) is 0 Å². The molecule has 2 aromatic carbocycles. The van der Waals surface area contributed by atoms with Gasteiger partial charge in [0, 0.05) is 24.2 Å². The lowest BCUT2D eigenvalue weighted by molar-refractivity contribution is -0.113. The Kier molecular flexibility index (Phi) is 6.76. The number of carbonyl (C=O) groups excluding carboxylic acids is 2. The lowest BCUT2D eigenvalue weighted by Crippen LogP contribution is -2.26. The van der Waals surface area contributed by atoms with Crippen LogP contribution in [0.1, 0.15) is 21.7 Å². The highest BCUT2D eigenvalue weighted by molar-refractivity contribution is 7.99. The van der Waals surface area contributed by atoms with Crippen molar-refractivity contribution in [2.24, 2.45) is 0 Å². The van der Waals surface area contributed by atoms with Crippen molar-refractivity contribution in [3.63, 3.8) is 0 Å². The van der Waals surface area contributed by atoms with Gasteiger partial charge in [-0.2, -0.15) is 9.61 Å². The van der Waals surface area contributed by atoms with Crippen LogP contribution in [0.4, 0.5) is 5.69 Å². The van der Waals surface area contributed by atoms with Crippen LogP contribution in [0, 0.1) is 6.92 Å². The summed E-state index contributed by atoms with van der Waals surface area (Å²) in [5.41, 5.74) is 3.09. The molecule has 2 heterocycles. The molecule has 0 saturated carbocycles. The minimum Gasteiger partial charge on any atom is -0.352 e. The molecular weight excluding hydrogens is 424 g/mol. The van der Waals surface area contributed by atoms with Crippen molar-refractivity contribution in [2.45, 2.75) is 18.4 Å². The number of nitrogens with zero attached hydrogens (tertiary/aromatic N) is 4. The third kappa shape index (κ3) is 5.50. The number of aromatic nitrogens is 4. The Morgan fingerprint density at radius 2 is 1.84 bits per heavy atom. The van der Waals surface area contributed by atoms with E-state index in [9.17, 15) is 9.59 Å². The summed E-state index contributed by atoms with van der Waals surface area (Å²) >= 11 is 1.34. The van der Waals surface area contributed by atoms with Crippen molar-refractivity contribution in [3.8, 4) is 0 Å². The fourth-order valence-corrected chi connectivity index (χ4v) is 3.74. The minimum atomic E-state index is -0.136. The minimum absolute atomic E-state index is 0.102. The van der Waals surface area contributed by atoms with Gasteiger partial charge in [0.2, 0.25) is 5.91 Å². The number of fused-ring (bicyclic) bond motifs is 1. The van der Waals surface area contributed by atoms with Crippen molar-refractivity contribution in [3.05, 3.63) is 83.7 Å². The summed E-state index contributed by atoms with van der Waals surface area (Å²) in [7, 11) is 0. The summed E-state index contributed by atoms with van der Waals surface area (Å²) in [5, 5.41) is 19.3. The smallest absolute Gasteiger partial charge is 0.251 e. The molecular formula is C23H22N6O2S. The van der Waals surface area contributed by atoms with Gasteiger partial charge >= 0.3 is 0 Å². The topological polar surface area (TPSA) is 101 Å². The number of thioether (sulfide) groups is 1. The van der Waals surface area contributed by atoms with Gasteiger partial charge in [0.1, 0.15) is 5.03 Å². The summed E-state index contributed by atoms with van der Waals surface area (Å²) < 4.78 is 1.65. The molecule has 0 spiro atoms. The second kappa shape index (κ2) is 10.1.